The SMILES string of the molecule is C=NC(NC(=NCc1cc(-c2ccccc2)cc(-c2ccncc2)c1)c1cccc(-c2ccccc2)c1)c1ccccc1. The molecule has 1 atom stereocenters. The summed E-state index contributed by atoms with van der Waals surface area (Å²) in [6.45, 7) is 4.37. The normalized spacial score (nSPS) is 12.0. The molecule has 4 nitrogen and oxygen atoms in total. The highest BCUT2D eigenvalue weighted by Crippen LogP contribution is 2.29. The zero-order valence-corrected chi connectivity index (χ0v) is 23.8. The van der Waals surface area contributed by atoms with Crippen LogP contribution < -0.4 is 5.32 Å². The van der Waals surface area contributed by atoms with Gasteiger partial charge in [0.25, 0.3) is 0 Å². The van der Waals surface area contributed by atoms with Crippen LogP contribution in [0.5, 0.6) is 0 Å². The van der Waals surface area contributed by atoms with E-state index in [0.29, 0.717) is 6.54 Å². The van der Waals surface area contributed by atoms with Crippen LogP contribution in [0.3, 0.4) is 0 Å². The van der Waals surface area contributed by atoms with E-state index in [0.717, 1.165) is 55.9 Å². The molecule has 1 heterocycles. The lowest BCUT2D eigenvalue weighted by Crippen LogP contribution is -2.28. The Kier molecular flexibility index (Phi) is 8.57. The van der Waals surface area contributed by atoms with Crippen LogP contribution in [0.15, 0.2) is 168 Å². The van der Waals surface area contributed by atoms with Crippen molar-refractivity contribution in [2.24, 2.45) is 9.98 Å². The van der Waals surface area contributed by atoms with Crippen molar-refractivity contribution in [1.82, 2.24) is 10.3 Å². The molecule has 0 radical (unpaired) electrons. The number of nitrogens with zero attached hydrogens (tertiary/aromatic N) is 3. The molecule has 1 unspecified atom stereocenters. The summed E-state index contributed by atoms with van der Waals surface area (Å²) in [5.74, 6) is 0.759. The fourth-order valence-electron chi connectivity index (χ4n) is 5.16. The number of pyridine rings is 1. The van der Waals surface area contributed by atoms with Crippen LogP contribution in [-0.4, -0.2) is 17.5 Å². The molecule has 0 amide bonds. The maximum absolute atomic E-state index is 5.19. The van der Waals surface area contributed by atoms with E-state index in [2.05, 4.69) is 125 Å². The first-order chi connectivity index (χ1) is 21.3. The number of rotatable bonds is 9. The summed E-state index contributed by atoms with van der Waals surface area (Å²) >= 11 is 0. The van der Waals surface area contributed by atoms with Crippen LogP contribution >= 0.6 is 0 Å². The largest absolute Gasteiger partial charge is 0.345 e. The van der Waals surface area contributed by atoms with Crippen molar-refractivity contribution >= 4 is 12.6 Å². The number of amidine groups is 1. The van der Waals surface area contributed by atoms with E-state index in [1.54, 1.807) is 0 Å². The first kappa shape index (κ1) is 27.6. The molecule has 0 fully saturated rings. The van der Waals surface area contributed by atoms with Gasteiger partial charge in [-0.1, -0.05) is 109 Å². The minimum Gasteiger partial charge on any atom is -0.345 e. The van der Waals surface area contributed by atoms with E-state index in [1.807, 2.05) is 54.9 Å². The molecule has 0 aliphatic heterocycles. The molecule has 4 heteroatoms. The van der Waals surface area contributed by atoms with Gasteiger partial charge in [-0.05, 0) is 87.6 Å². The molecule has 6 aromatic rings. The van der Waals surface area contributed by atoms with Crippen molar-refractivity contribution in [2.45, 2.75) is 12.7 Å². The molecular weight excluding hydrogens is 524 g/mol. The quantitative estimate of drug-likeness (QED) is 0.143. The molecule has 43 heavy (non-hydrogen) atoms. The van der Waals surface area contributed by atoms with Crippen molar-refractivity contribution < 1.29 is 0 Å². The van der Waals surface area contributed by atoms with Crippen LogP contribution in [0.25, 0.3) is 33.4 Å². The second-order valence-electron chi connectivity index (χ2n) is 10.3. The predicted octanol–water partition coefficient (Wildman–Crippen LogP) is 9.02. The first-order valence-electron chi connectivity index (χ1n) is 14.3. The van der Waals surface area contributed by atoms with Gasteiger partial charge in [0.2, 0.25) is 0 Å². The topological polar surface area (TPSA) is 49.6 Å². The molecule has 1 aromatic heterocycles. The van der Waals surface area contributed by atoms with E-state index in [-0.39, 0.29) is 6.17 Å². The molecule has 0 saturated heterocycles. The van der Waals surface area contributed by atoms with Crippen LogP contribution in [0.2, 0.25) is 0 Å². The third kappa shape index (κ3) is 6.83. The molecule has 208 valence electrons. The molecule has 6 rings (SSSR count). The van der Waals surface area contributed by atoms with Gasteiger partial charge in [-0.2, -0.15) is 0 Å². The van der Waals surface area contributed by atoms with Gasteiger partial charge in [0.05, 0.1) is 6.54 Å². The highest BCUT2D eigenvalue weighted by atomic mass is 15.1. The molecule has 0 aliphatic rings. The number of hydrogen-bond donors (Lipinski definition) is 1. The lowest BCUT2D eigenvalue weighted by atomic mass is 9.96. The van der Waals surface area contributed by atoms with Crippen LogP contribution in [-0.2, 0) is 6.54 Å². The lowest BCUT2D eigenvalue weighted by molar-refractivity contribution is 0.686. The Balaban J connectivity index is 1.41. The van der Waals surface area contributed by atoms with Crippen molar-refractivity contribution in [3.8, 4) is 33.4 Å². The summed E-state index contributed by atoms with van der Waals surface area (Å²) in [5, 5.41) is 3.59. The Morgan fingerprint density at radius 2 is 1.14 bits per heavy atom. The molecular formula is C39H32N4. The Bertz CT molecular complexity index is 1760. The number of benzene rings is 5. The van der Waals surface area contributed by atoms with E-state index < -0.39 is 0 Å². The standard InChI is InChI=1S/C39H32N4/c1-40-38(33-16-9-4-10-17-33)43-39(35-19-11-18-34(26-35)30-12-5-2-6-13-30)42-28-29-24-36(31-14-7-3-8-15-31)27-37(25-29)32-20-22-41-23-21-32/h2-27,38H,1,28H2,(H,42,43). The summed E-state index contributed by atoms with van der Waals surface area (Å²) in [5.41, 5.74) is 9.96. The van der Waals surface area contributed by atoms with Gasteiger partial charge in [-0.3, -0.25) is 15.0 Å². The zero-order chi connectivity index (χ0) is 29.3. The lowest BCUT2D eigenvalue weighted by Gasteiger charge is -2.19. The zero-order valence-electron chi connectivity index (χ0n) is 23.8. The number of hydrogen-bond acceptors (Lipinski definition) is 3. The summed E-state index contributed by atoms with van der Waals surface area (Å²) in [4.78, 5) is 13.8. The molecule has 5 aromatic carbocycles. The highest BCUT2D eigenvalue weighted by Gasteiger charge is 2.14. The minimum absolute atomic E-state index is 0.344. The second kappa shape index (κ2) is 13.4. The van der Waals surface area contributed by atoms with E-state index in [4.69, 9.17) is 4.99 Å². The van der Waals surface area contributed by atoms with Gasteiger partial charge in [0, 0.05) is 18.0 Å². The van der Waals surface area contributed by atoms with Crippen LogP contribution in [0, 0.1) is 0 Å². The Morgan fingerprint density at radius 3 is 1.77 bits per heavy atom. The van der Waals surface area contributed by atoms with Gasteiger partial charge in [0.15, 0.2) is 0 Å². The molecule has 0 bridgehead atoms. The third-order valence-electron chi connectivity index (χ3n) is 7.35. The maximum Gasteiger partial charge on any atom is 0.145 e. The Labute approximate surface area is 253 Å². The fourth-order valence-corrected chi connectivity index (χ4v) is 5.16. The second-order valence-corrected chi connectivity index (χ2v) is 10.3. The van der Waals surface area contributed by atoms with Crippen molar-refractivity contribution in [3.63, 3.8) is 0 Å². The average Bonchev–Trinajstić information content (AvgIpc) is 3.10. The van der Waals surface area contributed by atoms with Gasteiger partial charge in [-0.15, -0.1) is 0 Å². The monoisotopic (exact) mass is 556 g/mol. The van der Waals surface area contributed by atoms with E-state index in [9.17, 15) is 0 Å². The minimum atomic E-state index is -0.344. The fraction of sp³-hybridized carbons (Fsp3) is 0.0513. The van der Waals surface area contributed by atoms with Crippen molar-refractivity contribution in [1.29, 1.82) is 0 Å². The van der Waals surface area contributed by atoms with Gasteiger partial charge < -0.3 is 5.32 Å². The molecule has 0 spiro atoms. The van der Waals surface area contributed by atoms with E-state index in [1.165, 1.54) is 0 Å². The van der Waals surface area contributed by atoms with Crippen molar-refractivity contribution in [3.05, 3.63) is 175 Å². The Hall–Kier alpha value is -5.61. The summed E-state index contributed by atoms with van der Waals surface area (Å²) in [7, 11) is 0. The summed E-state index contributed by atoms with van der Waals surface area (Å²) in [6, 6.07) is 50.2. The van der Waals surface area contributed by atoms with Gasteiger partial charge in [-0.25, -0.2) is 0 Å². The molecule has 0 aliphatic carbocycles. The van der Waals surface area contributed by atoms with Crippen LogP contribution in [0.1, 0.15) is 22.9 Å². The van der Waals surface area contributed by atoms with Gasteiger partial charge >= 0.3 is 0 Å². The van der Waals surface area contributed by atoms with E-state index >= 15 is 0 Å². The number of nitrogens with one attached hydrogen (secondary N) is 1. The summed E-state index contributed by atoms with van der Waals surface area (Å²) < 4.78 is 0. The first-order valence-corrected chi connectivity index (χ1v) is 14.3. The average molecular weight is 557 g/mol. The maximum atomic E-state index is 5.19. The van der Waals surface area contributed by atoms with Crippen molar-refractivity contribution in [2.75, 3.05) is 0 Å². The van der Waals surface area contributed by atoms with Crippen LogP contribution in [0.4, 0.5) is 0 Å². The molecule has 1 N–H and O–H groups in total. The highest BCUT2D eigenvalue weighted by molar-refractivity contribution is 6.00. The Morgan fingerprint density at radius 1 is 0.581 bits per heavy atom. The van der Waals surface area contributed by atoms with Gasteiger partial charge in [0.1, 0.15) is 12.0 Å². The number of aliphatic imine (C=N–C) groups is 2. The third-order valence-corrected chi connectivity index (χ3v) is 7.35. The smallest absolute Gasteiger partial charge is 0.145 e. The summed E-state index contributed by atoms with van der Waals surface area (Å²) in [6.07, 6.45) is 3.31. The predicted molar refractivity (Wildman–Crippen MR) is 179 cm³/mol. The number of aromatic nitrogens is 1. The molecule has 0 saturated carbocycles.